The lowest BCUT2D eigenvalue weighted by molar-refractivity contribution is 0.101. The van der Waals surface area contributed by atoms with Crippen molar-refractivity contribution < 1.29 is 9.18 Å². The van der Waals surface area contributed by atoms with Gasteiger partial charge in [0, 0.05) is 19.6 Å². The van der Waals surface area contributed by atoms with Crippen LogP contribution in [0.5, 0.6) is 0 Å². The van der Waals surface area contributed by atoms with Crippen molar-refractivity contribution in [2.75, 3.05) is 33.2 Å². The van der Waals surface area contributed by atoms with Gasteiger partial charge in [-0.15, -0.1) is 0 Å². The zero-order valence-electron chi connectivity index (χ0n) is 15.0. The van der Waals surface area contributed by atoms with E-state index in [0.717, 1.165) is 43.9 Å². The zero-order chi connectivity index (χ0) is 17.8. The first kappa shape index (κ1) is 17.8. The number of hydrogen-bond donors (Lipinski definition) is 0. The molecule has 0 bridgehead atoms. The van der Waals surface area contributed by atoms with Crippen LogP contribution in [-0.4, -0.2) is 48.8 Å². The van der Waals surface area contributed by atoms with Crippen molar-refractivity contribution in [3.8, 4) is 11.1 Å². The lowest BCUT2D eigenvalue weighted by Gasteiger charge is -2.20. The molecule has 1 fully saturated rings. The maximum atomic E-state index is 14.0. The number of likely N-dealkylation sites (N-methyl/N-ethyl adjacent to an activating group) is 1. The smallest absolute Gasteiger partial charge is 0.162 e. The second-order valence-electron chi connectivity index (χ2n) is 6.88. The Kier molecular flexibility index (Phi) is 5.61. The summed E-state index contributed by atoms with van der Waals surface area (Å²) in [6.07, 6.45) is 1.20. The van der Waals surface area contributed by atoms with Crippen LogP contribution in [0.1, 0.15) is 29.3 Å². The van der Waals surface area contributed by atoms with Crippen LogP contribution in [0.4, 0.5) is 4.39 Å². The Labute approximate surface area is 149 Å². The highest BCUT2D eigenvalue weighted by Gasteiger charge is 2.13. The molecule has 4 heteroatoms. The minimum absolute atomic E-state index is 0.145. The van der Waals surface area contributed by atoms with Crippen LogP contribution in [-0.2, 0) is 6.54 Å². The van der Waals surface area contributed by atoms with E-state index in [1.165, 1.54) is 25.0 Å². The number of nitrogens with zero attached hydrogens (tertiary/aromatic N) is 2. The quantitative estimate of drug-likeness (QED) is 0.790. The van der Waals surface area contributed by atoms with Gasteiger partial charge in [0.1, 0.15) is 5.82 Å². The van der Waals surface area contributed by atoms with Crippen LogP contribution < -0.4 is 0 Å². The summed E-state index contributed by atoms with van der Waals surface area (Å²) in [5.41, 5.74) is 3.18. The van der Waals surface area contributed by atoms with Crippen LogP contribution in [0.25, 0.3) is 11.1 Å². The number of carbonyl (C=O) groups is 1. The molecular weight excluding hydrogens is 315 g/mol. The van der Waals surface area contributed by atoms with E-state index in [0.29, 0.717) is 0 Å². The van der Waals surface area contributed by atoms with Crippen molar-refractivity contribution in [1.29, 1.82) is 0 Å². The third-order valence-corrected chi connectivity index (χ3v) is 4.85. The number of carbonyl (C=O) groups excluding carboxylic acids is 1. The molecular formula is C21H25FN2O. The molecule has 3 nitrogen and oxygen atoms in total. The van der Waals surface area contributed by atoms with Crippen molar-refractivity contribution in [1.82, 2.24) is 9.80 Å². The third kappa shape index (κ3) is 4.53. The van der Waals surface area contributed by atoms with E-state index in [1.54, 1.807) is 12.1 Å². The van der Waals surface area contributed by atoms with Crippen molar-refractivity contribution in [2.45, 2.75) is 19.9 Å². The van der Waals surface area contributed by atoms with Gasteiger partial charge in [0.05, 0.1) is 5.56 Å². The van der Waals surface area contributed by atoms with Crippen LogP contribution in [0.2, 0.25) is 0 Å². The molecule has 0 amide bonds. The van der Waals surface area contributed by atoms with Crippen molar-refractivity contribution in [2.24, 2.45) is 0 Å². The first-order chi connectivity index (χ1) is 12.0. The van der Waals surface area contributed by atoms with Crippen LogP contribution in [0.3, 0.4) is 0 Å². The van der Waals surface area contributed by atoms with Gasteiger partial charge < -0.3 is 4.90 Å². The Morgan fingerprint density at radius 1 is 1.00 bits per heavy atom. The summed E-state index contributed by atoms with van der Waals surface area (Å²) in [4.78, 5) is 16.2. The fraction of sp³-hybridized carbons (Fsp3) is 0.381. The minimum Gasteiger partial charge on any atom is -0.305 e. The molecule has 0 aliphatic carbocycles. The monoisotopic (exact) mass is 340 g/mol. The van der Waals surface area contributed by atoms with Crippen molar-refractivity contribution >= 4 is 5.78 Å². The van der Waals surface area contributed by atoms with E-state index in [1.807, 2.05) is 12.1 Å². The number of Topliss-reactive ketones (excluding diaryl/α,β-unsaturated/α-hetero) is 1. The summed E-state index contributed by atoms with van der Waals surface area (Å²) in [5.74, 6) is -0.703. The molecule has 3 rings (SSSR count). The summed E-state index contributed by atoms with van der Waals surface area (Å²) in [6.45, 7) is 6.83. The van der Waals surface area contributed by atoms with Gasteiger partial charge in [-0.25, -0.2) is 4.39 Å². The van der Waals surface area contributed by atoms with E-state index >= 15 is 0 Å². The predicted octanol–water partition coefficient (Wildman–Crippen LogP) is 3.83. The van der Waals surface area contributed by atoms with E-state index in [4.69, 9.17) is 0 Å². The second kappa shape index (κ2) is 7.89. The largest absolute Gasteiger partial charge is 0.305 e. The molecule has 0 aromatic heterocycles. The predicted molar refractivity (Wildman–Crippen MR) is 99.2 cm³/mol. The number of halogens is 1. The molecule has 0 saturated carbocycles. The first-order valence-corrected chi connectivity index (χ1v) is 8.83. The molecule has 132 valence electrons. The SMILES string of the molecule is CC(=O)c1ccc(-c2ccc(CN3CCCN(C)CC3)cc2)cc1F. The Morgan fingerprint density at radius 3 is 2.40 bits per heavy atom. The highest BCUT2D eigenvalue weighted by molar-refractivity contribution is 5.94. The normalized spacial score (nSPS) is 16.6. The Hall–Kier alpha value is -2.04. The lowest BCUT2D eigenvalue weighted by atomic mass is 10.0. The standard InChI is InChI=1S/C21H25FN2O/c1-16(25)20-9-8-19(14-21(20)22)18-6-4-17(5-7-18)15-24-11-3-10-23(2)12-13-24/h4-9,14H,3,10-13,15H2,1-2H3. The third-order valence-electron chi connectivity index (χ3n) is 4.85. The van der Waals surface area contributed by atoms with Gasteiger partial charge in [0.25, 0.3) is 0 Å². The molecule has 25 heavy (non-hydrogen) atoms. The van der Waals surface area contributed by atoms with Gasteiger partial charge in [0.2, 0.25) is 0 Å². The van der Waals surface area contributed by atoms with Gasteiger partial charge in [-0.05, 0) is 62.3 Å². The maximum absolute atomic E-state index is 14.0. The summed E-state index contributed by atoms with van der Waals surface area (Å²) < 4.78 is 14.0. The van der Waals surface area contributed by atoms with Gasteiger partial charge >= 0.3 is 0 Å². The first-order valence-electron chi connectivity index (χ1n) is 8.83. The topological polar surface area (TPSA) is 23.6 Å². The lowest BCUT2D eigenvalue weighted by Crippen LogP contribution is -2.28. The number of rotatable bonds is 4. The molecule has 2 aromatic rings. The highest BCUT2D eigenvalue weighted by Crippen LogP contribution is 2.23. The van der Waals surface area contributed by atoms with E-state index < -0.39 is 5.82 Å². The van der Waals surface area contributed by atoms with E-state index in [2.05, 4.69) is 29.0 Å². The molecule has 1 saturated heterocycles. The Balaban J connectivity index is 1.70. The molecule has 1 aliphatic heterocycles. The molecule has 1 heterocycles. The second-order valence-corrected chi connectivity index (χ2v) is 6.88. The average molecular weight is 340 g/mol. The molecule has 1 aliphatic rings. The number of hydrogen-bond acceptors (Lipinski definition) is 3. The summed E-state index contributed by atoms with van der Waals surface area (Å²) >= 11 is 0. The maximum Gasteiger partial charge on any atom is 0.162 e. The fourth-order valence-electron chi connectivity index (χ4n) is 3.30. The fourth-order valence-corrected chi connectivity index (χ4v) is 3.30. The van der Waals surface area contributed by atoms with Crippen LogP contribution >= 0.6 is 0 Å². The highest BCUT2D eigenvalue weighted by atomic mass is 19.1. The molecule has 0 atom stereocenters. The summed E-state index contributed by atoms with van der Waals surface area (Å²) in [7, 11) is 2.18. The summed E-state index contributed by atoms with van der Waals surface area (Å²) in [5, 5.41) is 0. The van der Waals surface area contributed by atoms with Crippen molar-refractivity contribution in [3.05, 3.63) is 59.4 Å². The molecule has 2 aromatic carbocycles. The van der Waals surface area contributed by atoms with Gasteiger partial charge in [-0.1, -0.05) is 30.3 Å². The Bertz CT molecular complexity index is 742. The summed E-state index contributed by atoms with van der Waals surface area (Å²) in [6, 6.07) is 13.1. The average Bonchev–Trinajstić information content (AvgIpc) is 2.79. The van der Waals surface area contributed by atoms with Gasteiger partial charge in [-0.2, -0.15) is 0 Å². The van der Waals surface area contributed by atoms with E-state index in [9.17, 15) is 9.18 Å². The molecule has 0 radical (unpaired) electrons. The minimum atomic E-state index is -0.456. The number of ketones is 1. The molecule has 0 unspecified atom stereocenters. The molecule has 0 spiro atoms. The van der Waals surface area contributed by atoms with Gasteiger partial charge in [-0.3, -0.25) is 9.69 Å². The van der Waals surface area contributed by atoms with Crippen molar-refractivity contribution in [3.63, 3.8) is 0 Å². The van der Waals surface area contributed by atoms with Gasteiger partial charge in [0.15, 0.2) is 5.78 Å². The number of benzene rings is 2. The Morgan fingerprint density at radius 2 is 1.72 bits per heavy atom. The van der Waals surface area contributed by atoms with Crippen LogP contribution in [0, 0.1) is 5.82 Å². The zero-order valence-corrected chi connectivity index (χ0v) is 15.0. The van der Waals surface area contributed by atoms with E-state index in [-0.39, 0.29) is 11.3 Å². The van der Waals surface area contributed by atoms with Crippen LogP contribution in [0.15, 0.2) is 42.5 Å². The molecule has 0 N–H and O–H groups in total.